The van der Waals surface area contributed by atoms with Crippen molar-refractivity contribution in [1.82, 2.24) is 4.90 Å². The molecule has 0 amide bonds. The van der Waals surface area contributed by atoms with Crippen molar-refractivity contribution < 1.29 is 4.21 Å². The van der Waals surface area contributed by atoms with E-state index in [-0.39, 0.29) is 0 Å². The maximum atomic E-state index is 13.2. The van der Waals surface area contributed by atoms with Crippen LogP contribution in [-0.2, 0) is 17.3 Å². The lowest BCUT2D eigenvalue weighted by Crippen LogP contribution is -2.39. The van der Waals surface area contributed by atoms with Gasteiger partial charge in [0.25, 0.3) is 0 Å². The van der Waals surface area contributed by atoms with E-state index < -0.39 is 10.8 Å². The monoisotopic (exact) mass is 436 g/mol. The summed E-state index contributed by atoms with van der Waals surface area (Å²) in [5.41, 5.74) is 8.89. The number of rotatable bonds is 7. The first-order valence-electron chi connectivity index (χ1n) is 9.86. The molecule has 1 atom stereocenters. The summed E-state index contributed by atoms with van der Waals surface area (Å²) in [6.45, 7) is 3.67. The Labute approximate surface area is 184 Å². The Morgan fingerprint density at radius 3 is 2.67 bits per heavy atom. The normalized spacial score (nSPS) is 14.0. The molecule has 1 aliphatic rings. The number of nitrogens with zero attached hydrogens (tertiary/aromatic N) is 2. The summed E-state index contributed by atoms with van der Waals surface area (Å²) in [5, 5.41) is 0. The molecule has 3 N–H and O–H groups in total. The zero-order valence-corrected chi connectivity index (χ0v) is 18.4. The summed E-state index contributed by atoms with van der Waals surface area (Å²) in [7, 11) is -1.27. The maximum absolute atomic E-state index is 13.2. The third kappa shape index (κ3) is 4.68. The topological polar surface area (TPSA) is 70.7 Å². The summed E-state index contributed by atoms with van der Waals surface area (Å²) in [4.78, 5) is 9.21. The molecule has 30 heavy (non-hydrogen) atoms. The maximum Gasteiger partial charge on any atom is 0.196 e. The Hall–Kier alpha value is -2.77. The molecular formula is C23H24N4OS2. The quantitative estimate of drug-likeness (QED) is 0.502. The average molecular weight is 437 g/mol. The van der Waals surface area contributed by atoms with Crippen LogP contribution in [0.4, 0.5) is 11.4 Å². The number of hydrogen-bond donors (Lipinski definition) is 2. The van der Waals surface area contributed by atoms with Crippen LogP contribution in [0.2, 0.25) is 0 Å². The van der Waals surface area contributed by atoms with Crippen molar-refractivity contribution in [3.63, 3.8) is 0 Å². The first-order valence-corrected chi connectivity index (χ1v) is 11.8. The van der Waals surface area contributed by atoms with Crippen molar-refractivity contribution in [1.29, 1.82) is 0 Å². The van der Waals surface area contributed by atoms with Gasteiger partial charge in [0, 0.05) is 33.5 Å². The molecule has 3 aromatic rings. The molecule has 0 aromatic heterocycles. The molecule has 0 radical (unpaired) electrons. The molecule has 1 heterocycles. The molecule has 7 heteroatoms. The van der Waals surface area contributed by atoms with Gasteiger partial charge >= 0.3 is 0 Å². The van der Waals surface area contributed by atoms with Gasteiger partial charge < -0.3 is 15.4 Å². The van der Waals surface area contributed by atoms with E-state index in [1.54, 1.807) is 0 Å². The van der Waals surface area contributed by atoms with Crippen molar-refractivity contribution in [2.24, 2.45) is 10.7 Å². The lowest BCUT2D eigenvalue weighted by Gasteiger charge is -2.28. The number of guanidine groups is 1. The Morgan fingerprint density at radius 2 is 1.87 bits per heavy atom. The minimum atomic E-state index is -1.27. The van der Waals surface area contributed by atoms with Gasteiger partial charge in [0.15, 0.2) is 5.96 Å². The van der Waals surface area contributed by atoms with Crippen LogP contribution in [0, 0.1) is 0 Å². The number of benzene rings is 3. The van der Waals surface area contributed by atoms with Crippen LogP contribution in [0.25, 0.3) is 0 Å². The highest BCUT2D eigenvalue weighted by Gasteiger charge is 2.19. The van der Waals surface area contributed by atoms with Crippen molar-refractivity contribution in [2.75, 3.05) is 11.3 Å². The largest absolute Gasteiger partial charge is 0.369 e. The zero-order valence-electron chi connectivity index (χ0n) is 16.7. The standard InChI is InChI=1S/C23H24N4OS2/c1-2-13-27-16-17-14-21(11-12-22(17)25-23(27)24)30(28)20-10-6-7-18(15-20)26-29-19-8-4-3-5-9-19/h3-12,14-15,26H,2,13,16H2,1H3,(H2,24,25). The van der Waals surface area contributed by atoms with E-state index in [0.29, 0.717) is 12.5 Å². The summed E-state index contributed by atoms with van der Waals surface area (Å²) in [6, 6.07) is 23.6. The van der Waals surface area contributed by atoms with Crippen LogP contribution in [0.3, 0.4) is 0 Å². The fourth-order valence-electron chi connectivity index (χ4n) is 3.27. The van der Waals surface area contributed by atoms with Crippen LogP contribution >= 0.6 is 11.9 Å². The molecule has 154 valence electrons. The highest BCUT2D eigenvalue weighted by molar-refractivity contribution is 8.00. The summed E-state index contributed by atoms with van der Waals surface area (Å²) in [6.07, 6.45) is 0.998. The molecule has 3 aromatic carbocycles. The van der Waals surface area contributed by atoms with Gasteiger partial charge in [-0.05, 0) is 72.5 Å². The second-order valence-corrected chi connectivity index (χ2v) is 9.36. The highest BCUT2D eigenvalue weighted by atomic mass is 32.2. The van der Waals surface area contributed by atoms with Gasteiger partial charge in [-0.3, -0.25) is 0 Å². The fraction of sp³-hybridized carbons (Fsp3) is 0.174. The molecule has 1 unspecified atom stereocenters. The third-order valence-electron chi connectivity index (χ3n) is 4.76. The molecule has 0 bridgehead atoms. The molecule has 1 aliphatic heterocycles. The average Bonchev–Trinajstić information content (AvgIpc) is 2.78. The molecule has 0 fully saturated rings. The lowest BCUT2D eigenvalue weighted by molar-refractivity contribution is 0.402. The van der Waals surface area contributed by atoms with Crippen LogP contribution in [0.15, 0.2) is 92.5 Å². The number of anilines is 1. The third-order valence-corrected chi connectivity index (χ3v) is 6.97. The van der Waals surface area contributed by atoms with Crippen LogP contribution in [-0.4, -0.2) is 21.6 Å². The van der Waals surface area contributed by atoms with Gasteiger partial charge in [-0.15, -0.1) is 0 Å². The van der Waals surface area contributed by atoms with E-state index in [2.05, 4.69) is 21.5 Å². The summed E-state index contributed by atoms with van der Waals surface area (Å²) >= 11 is 1.53. The van der Waals surface area contributed by atoms with Gasteiger partial charge in [-0.1, -0.05) is 31.2 Å². The number of nitrogens with two attached hydrogens (primary N) is 1. The van der Waals surface area contributed by atoms with Gasteiger partial charge in [-0.2, -0.15) is 0 Å². The van der Waals surface area contributed by atoms with Crippen molar-refractivity contribution in [3.8, 4) is 0 Å². The predicted octanol–water partition coefficient (Wildman–Crippen LogP) is 5.14. The fourth-order valence-corrected chi connectivity index (χ4v) is 5.08. The van der Waals surface area contributed by atoms with E-state index in [4.69, 9.17) is 5.73 Å². The molecule has 4 rings (SSSR count). The van der Waals surface area contributed by atoms with Crippen LogP contribution in [0.1, 0.15) is 18.9 Å². The Morgan fingerprint density at radius 1 is 1.07 bits per heavy atom. The van der Waals surface area contributed by atoms with E-state index in [1.165, 1.54) is 11.9 Å². The van der Waals surface area contributed by atoms with Gasteiger partial charge in [0.2, 0.25) is 0 Å². The Bertz CT molecular complexity index is 1090. The Balaban J connectivity index is 1.52. The first-order chi connectivity index (χ1) is 14.6. The highest BCUT2D eigenvalue weighted by Crippen LogP contribution is 2.30. The first kappa shape index (κ1) is 20.5. The summed E-state index contributed by atoms with van der Waals surface area (Å²) in [5.74, 6) is 0.549. The van der Waals surface area contributed by atoms with Crippen molar-refractivity contribution in [2.45, 2.75) is 34.6 Å². The smallest absolute Gasteiger partial charge is 0.196 e. The SMILES string of the molecule is CCCN1Cc2cc(S(=O)c3cccc(NSc4ccccc4)c3)ccc2N=C1N. The zero-order chi connectivity index (χ0) is 20.9. The van der Waals surface area contributed by atoms with Crippen molar-refractivity contribution >= 4 is 40.1 Å². The minimum absolute atomic E-state index is 0.549. The number of nitrogens with one attached hydrogen (secondary N) is 1. The molecule has 0 saturated heterocycles. The van der Waals surface area contributed by atoms with Crippen LogP contribution in [0.5, 0.6) is 0 Å². The van der Waals surface area contributed by atoms with E-state index >= 15 is 0 Å². The molecule has 0 spiro atoms. The Kier molecular flexibility index (Phi) is 6.40. The van der Waals surface area contributed by atoms with Crippen molar-refractivity contribution in [3.05, 3.63) is 78.4 Å². The van der Waals surface area contributed by atoms with E-state index in [9.17, 15) is 4.21 Å². The number of hydrogen-bond acceptors (Lipinski definition) is 6. The predicted molar refractivity (Wildman–Crippen MR) is 125 cm³/mol. The minimum Gasteiger partial charge on any atom is -0.369 e. The summed E-state index contributed by atoms with van der Waals surface area (Å²) < 4.78 is 16.6. The van der Waals surface area contributed by atoms with E-state index in [1.807, 2.05) is 72.8 Å². The second-order valence-electron chi connectivity index (χ2n) is 7.00. The number of aliphatic imine (C=N–C) groups is 1. The molecule has 0 saturated carbocycles. The second kappa shape index (κ2) is 9.36. The van der Waals surface area contributed by atoms with Gasteiger partial charge in [0.1, 0.15) is 0 Å². The molecule has 0 aliphatic carbocycles. The van der Waals surface area contributed by atoms with Gasteiger partial charge in [-0.25, -0.2) is 9.20 Å². The molecular weight excluding hydrogens is 412 g/mol. The van der Waals surface area contributed by atoms with E-state index in [0.717, 1.165) is 44.6 Å². The van der Waals surface area contributed by atoms with Gasteiger partial charge in [0.05, 0.1) is 16.5 Å². The van der Waals surface area contributed by atoms with Crippen LogP contribution < -0.4 is 10.5 Å². The number of fused-ring (bicyclic) bond motifs is 1. The molecule has 5 nitrogen and oxygen atoms in total. The lowest BCUT2D eigenvalue weighted by atomic mass is 10.1.